The first-order chi connectivity index (χ1) is 11.6. The third-order valence-corrected chi connectivity index (χ3v) is 4.12. The molecule has 24 heavy (non-hydrogen) atoms. The average Bonchev–Trinajstić information content (AvgIpc) is 3.07. The zero-order valence-electron chi connectivity index (χ0n) is 13.3. The van der Waals surface area contributed by atoms with Crippen LogP contribution in [0.2, 0.25) is 0 Å². The Hall–Kier alpha value is -2.22. The number of nitro groups is 1. The molecule has 7 heteroatoms. The van der Waals surface area contributed by atoms with Crippen molar-refractivity contribution < 1.29 is 19.2 Å². The first-order valence-electron chi connectivity index (χ1n) is 7.89. The summed E-state index contributed by atoms with van der Waals surface area (Å²) in [6.45, 7) is 2.32. The third kappa shape index (κ3) is 4.00. The van der Waals surface area contributed by atoms with Crippen molar-refractivity contribution in [2.24, 2.45) is 0 Å². The molecule has 3 rings (SSSR count). The first-order valence-corrected chi connectivity index (χ1v) is 7.89. The number of nitro benzene ring substituents is 1. The predicted octanol–water partition coefficient (Wildman–Crippen LogP) is 2.12. The van der Waals surface area contributed by atoms with Crippen LogP contribution in [-0.2, 0) is 24.3 Å². The lowest BCUT2D eigenvalue weighted by Gasteiger charge is -2.30. The van der Waals surface area contributed by atoms with Crippen molar-refractivity contribution in [2.45, 2.75) is 25.7 Å². The number of benzene rings is 1. The number of aliphatic hydroxyl groups is 1. The first kappa shape index (κ1) is 16.6. The maximum absolute atomic E-state index is 11.1. The van der Waals surface area contributed by atoms with Gasteiger partial charge in [-0.1, -0.05) is 12.1 Å². The normalized spacial score (nSPS) is 15.9. The average molecular weight is 332 g/mol. The van der Waals surface area contributed by atoms with Gasteiger partial charge in [-0.25, -0.2) is 0 Å². The van der Waals surface area contributed by atoms with Crippen LogP contribution < -0.4 is 0 Å². The highest BCUT2D eigenvalue weighted by Crippen LogP contribution is 2.27. The standard InChI is InChI=1S/C17H20N2O5/c20-14(11-23-12-15-4-2-8-24-15)10-18-7-6-16-13(9-18)3-1-5-17(16)19(21)22/h1-5,8,14,20H,6-7,9-12H2. The summed E-state index contributed by atoms with van der Waals surface area (Å²) in [5.74, 6) is 0.724. The van der Waals surface area contributed by atoms with E-state index >= 15 is 0 Å². The van der Waals surface area contributed by atoms with Gasteiger partial charge in [-0.05, 0) is 24.1 Å². The van der Waals surface area contributed by atoms with Gasteiger partial charge in [-0.2, -0.15) is 0 Å². The Balaban J connectivity index is 1.50. The van der Waals surface area contributed by atoms with E-state index in [9.17, 15) is 15.2 Å². The molecule has 1 aliphatic heterocycles. The van der Waals surface area contributed by atoms with Crippen molar-refractivity contribution >= 4 is 5.69 Å². The van der Waals surface area contributed by atoms with Crippen molar-refractivity contribution in [3.05, 3.63) is 63.6 Å². The van der Waals surface area contributed by atoms with Crippen molar-refractivity contribution in [1.29, 1.82) is 0 Å². The molecule has 1 atom stereocenters. The van der Waals surface area contributed by atoms with Gasteiger partial charge in [0.15, 0.2) is 0 Å². The van der Waals surface area contributed by atoms with Crippen LogP contribution in [0.4, 0.5) is 5.69 Å². The number of ether oxygens (including phenoxy) is 1. The van der Waals surface area contributed by atoms with E-state index in [1.807, 2.05) is 12.1 Å². The van der Waals surface area contributed by atoms with Crippen LogP contribution in [0.25, 0.3) is 0 Å². The molecular formula is C17H20N2O5. The molecule has 1 aromatic carbocycles. The fourth-order valence-electron chi connectivity index (χ4n) is 3.02. The summed E-state index contributed by atoms with van der Waals surface area (Å²) in [5.41, 5.74) is 1.95. The second kappa shape index (κ2) is 7.57. The number of furan rings is 1. The van der Waals surface area contributed by atoms with Gasteiger partial charge in [-0.3, -0.25) is 15.0 Å². The summed E-state index contributed by atoms with van der Waals surface area (Å²) in [5, 5.41) is 21.2. The molecule has 0 bridgehead atoms. The molecule has 0 fully saturated rings. The Morgan fingerprint density at radius 3 is 3.00 bits per heavy atom. The fraction of sp³-hybridized carbons (Fsp3) is 0.412. The van der Waals surface area contributed by atoms with E-state index in [2.05, 4.69) is 4.90 Å². The van der Waals surface area contributed by atoms with Crippen molar-refractivity contribution in [3.63, 3.8) is 0 Å². The van der Waals surface area contributed by atoms with Crippen LogP contribution >= 0.6 is 0 Å². The smallest absolute Gasteiger partial charge is 0.272 e. The number of hydrogen-bond donors (Lipinski definition) is 1. The minimum atomic E-state index is -0.611. The summed E-state index contributed by atoms with van der Waals surface area (Å²) in [7, 11) is 0. The van der Waals surface area contributed by atoms with Gasteiger partial charge >= 0.3 is 0 Å². The van der Waals surface area contributed by atoms with Gasteiger partial charge in [0.1, 0.15) is 12.4 Å². The van der Waals surface area contributed by atoms with Crippen molar-refractivity contribution in [3.8, 4) is 0 Å². The predicted molar refractivity (Wildman–Crippen MR) is 86.4 cm³/mol. The Morgan fingerprint density at radius 1 is 1.38 bits per heavy atom. The number of rotatable bonds is 7. The molecule has 0 aliphatic carbocycles. The number of hydrogen-bond acceptors (Lipinski definition) is 6. The largest absolute Gasteiger partial charge is 0.467 e. The van der Waals surface area contributed by atoms with Gasteiger partial charge in [0.25, 0.3) is 5.69 Å². The maximum Gasteiger partial charge on any atom is 0.272 e. The van der Waals surface area contributed by atoms with E-state index < -0.39 is 6.10 Å². The SMILES string of the molecule is O=[N+]([O-])c1cccc2c1CCN(CC(O)COCc1ccco1)C2. The molecule has 1 unspecified atom stereocenters. The van der Waals surface area contributed by atoms with E-state index in [4.69, 9.17) is 9.15 Å². The van der Waals surface area contributed by atoms with E-state index in [1.54, 1.807) is 24.5 Å². The number of nitrogens with zero attached hydrogens (tertiary/aromatic N) is 2. The van der Waals surface area contributed by atoms with E-state index in [0.717, 1.165) is 16.9 Å². The van der Waals surface area contributed by atoms with Crippen LogP contribution in [0.15, 0.2) is 41.0 Å². The Labute approximate surface area is 139 Å². The second-order valence-electron chi connectivity index (χ2n) is 5.91. The zero-order chi connectivity index (χ0) is 16.9. The fourth-order valence-corrected chi connectivity index (χ4v) is 3.02. The molecule has 0 amide bonds. The van der Waals surface area contributed by atoms with Crippen LogP contribution in [0.1, 0.15) is 16.9 Å². The topological polar surface area (TPSA) is 89.0 Å². The summed E-state index contributed by atoms with van der Waals surface area (Å²) < 4.78 is 10.6. The highest BCUT2D eigenvalue weighted by Gasteiger charge is 2.24. The van der Waals surface area contributed by atoms with Gasteiger partial charge in [0.05, 0.1) is 23.9 Å². The molecule has 7 nitrogen and oxygen atoms in total. The maximum atomic E-state index is 11.1. The van der Waals surface area contributed by atoms with Crippen LogP contribution in [0.3, 0.4) is 0 Å². The molecule has 2 aromatic rings. The molecule has 0 spiro atoms. The highest BCUT2D eigenvalue weighted by atomic mass is 16.6. The highest BCUT2D eigenvalue weighted by molar-refractivity contribution is 5.46. The second-order valence-corrected chi connectivity index (χ2v) is 5.91. The summed E-state index contributed by atoms with van der Waals surface area (Å²) in [6.07, 6.45) is 1.59. The lowest BCUT2D eigenvalue weighted by Crippen LogP contribution is -2.38. The number of aliphatic hydroxyl groups excluding tert-OH is 1. The lowest BCUT2D eigenvalue weighted by molar-refractivity contribution is -0.385. The van der Waals surface area contributed by atoms with E-state index in [0.29, 0.717) is 32.7 Å². The molecular weight excluding hydrogens is 312 g/mol. The van der Waals surface area contributed by atoms with Gasteiger partial charge in [-0.15, -0.1) is 0 Å². The molecule has 1 N–H and O–H groups in total. The molecule has 0 saturated heterocycles. The monoisotopic (exact) mass is 332 g/mol. The van der Waals surface area contributed by atoms with Gasteiger partial charge < -0.3 is 14.3 Å². The minimum absolute atomic E-state index is 0.189. The van der Waals surface area contributed by atoms with Crippen LogP contribution in [0.5, 0.6) is 0 Å². The van der Waals surface area contributed by atoms with Gasteiger partial charge in [0, 0.05) is 31.3 Å². The Kier molecular flexibility index (Phi) is 5.24. The molecule has 2 heterocycles. The van der Waals surface area contributed by atoms with Crippen molar-refractivity contribution in [1.82, 2.24) is 4.90 Å². The molecule has 0 radical (unpaired) electrons. The zero-order valence-corrected chi connectivity index (χ0v) is 13.3. The van der Waals surface area contributed by atoms with Crippen molar-refractivity contribution in [2.75, 3.05) is 19.7 Å². The van der Waals surface area contributed by atoms with E-state index in [1.165, 1.54) is 0 Å². The molecule has 128 valence electrons. The molecule has 0 saturated carbocycles. The van der Waals surface area contributed by atoms with Gasteiger partial charge in [0.2, 0.25) is 0 Å². The number of β-amino-alcohol motifs (C(OH)–C–C–N with tert-alkyl or cyclic N) is 1. The summed E-state index contributed by atoms with van der Waals surface area (Å²) in [4.78, 5) is 12.8. The number of fused-ring (bicyclic) bond motifs is 1. The summed E-state index contributed by atoms with van der Waals surface area (Å²) in [6, 6.07) is 8.78. The Bertz CT molecular complexity index is 686. The molecule has 1 aromatic heterocycles. The lowest BCUT2D eigenvalue weighted by atomic mass is 9.97. The third-order valence-electron chi connectivity index (χ3n) is 4.12. The quantitative estimate of drug-likeness (QED) is 0.617. The Morgan fingerprint density at radius 2 is 2.25 bits per heavy atom. The summed E-state index contributed by atoms with van der Waals surface area (Å²) >= 11 is 0. The van der Waals surface area contributed by atoms with Crippen LogP contribution in [-0.4, -0.2) is 40.7 Å². The van der Waals surface area contributed by atoms with E-state index in [-0.39, 0.29) is 17.2 Å². The molecule has 1 aliphatic rings. The minimum Gasteiger partial charge on any atom is -0.467 e. The van der Waals surface area contributed by atoms with Crippen LogP contribution in [0, 0.1) is 10.1 Å².